The highest BCUT2D eigenvalue weighted by molar-refractivity contribution is 5.97. The summed E-state index contributed by atoms with van der Waals surface area (Å²) in [5, 5.41) is 2.98. The lowest BCUT2D eigenvalue weighted by Gasteiger charge is -2.07. The number of nitrogens with zero attached hydrogens (tertiary/aromatic N) is 1. The van der Waals surface area contributed by atoms with Crippen LogP contribution in [0.5, 0.6) is 0 Å². The molecule has 0 unspecified atom stereocenters. The van der Waals surface area contributed by atoms with Gasteiger partial charge in [0.25, 0.3) is 5.91 Å². The van der Waals surface area contributed by atoms with Gasteiger partial charge in [0.05, 0.1) is 5.56 Å². The fraction of sp³-hybridized carbons (Fsp3) is 0.200. The Morgan fingerprint density at radius 3 is 3.00 bits per heavy atom. The van der Waals surface area contributed by atoms with E-state index in [0.29, 0.717) is 17.9 Å². The first kappa shape index (κ1) is 10.2. The van der Waals surface area contributed by atoms with Crippen molar-refractivity contribution in [3.63, 3.8) is 0 Å². The van der Waals surface area contributed by atoms with Crippen LogP contribution in [0, 0.1) is 0 Å². The second-order valence-corrected chi connectivity index (χ2v) is 3.07. The average Bonchev–Trinajstić information content (AvgIpc) is 2.15. The van der Waals surface area contributed by atoms with E-state index < -0.39 is 5.91 Å². The Labute approximate surface area is 82.8 Å². The minimum absolute atomic E-state index is 0.397. The zero-order valence-corrected chi connectivity index (χ0v) is 8.08. The third-order valence-corrected chi connectivity index (χ3v) is 1.63. The van der Waals surface area contributed by atoms with Gasteiger partial charge in [-0.3, -0.25) is 4.79 Å². The van der Waals surface area contributed by atoms with E-state index >= 15 is 0 Å². The maximum absolute atomic E-state index is 11.0. The van der Waals surface area contributed by atoms with Crippen molar-refractivity contribution in [3.8, 4) is 0 Å². The van der Waals surface area contributed by atoms with Crippen molar-refractivity contribution in [2.24, 2.45) is 5.73 Å². The van der Waals surface area contributed by atoms with Crippen LogP contribution in [0.15, 0.2) is 30.5 Å². The molecular weight excluding hydrogens is 178 g/mol. The fourth-order valence-electron chi connectivity index (χ4n) is 0.980. The molecular formula is C10H13N3O. The van der Waals surface area contributed by atoms with Crippen molar-refractivity contribution < 1.29 is 4.79 Å². The molecule has 0 bridgehead atoms. The van der Waals surface area contributed by atoms with Gasteiger partial charge in [0.2, 0.25) is 0 Å². The van der Waals surface area contributed by atoms with Gasteiger partial charge < -0.3 is 11.1 Å². The Morgan fingerprint density at radius 1 is 1.71 bits per heavy atom. The largest absolute Gasteiger partial charge is 0.366 e. The number of carbonyl (C=O) groups is 1. The standard InChI is InChI=1S/C10H13N3O/c1-7(2)6-13-10-8(9(11)14)4-3-5-12-10/h3-5H,1,6H2,2H3,(H2,11,14)(H,12,13). The number of hydrogen-bond donors (Lipinski definition) is 2. The van der Waals surface area contributed by atoms with Crippen molar-refractivity contribution in [2.45, 2.75) is 6.92 Å². The molecule has 1 amide bonds. The summed E-state index contributed by atoms with van der Waals surface area (Å²) in [7, 11) is 0. The number of pyridine rings is 1. The second-order valence-electron chi connectivity index (χ2n) is 3.07. The molecule has 0 fully saturated rings. The Bertz CT molecular complexity index is 360. The molecule has 1 aromatic rings. The molecule has 0 aliphatic rings. The summed E-state index contributed by atoms with van der Waals surface area (Å²) in [6.45, 7) is 6.21. The fourth-order valence-corrected chi connectivity index (χ4v) is 0.980. The summed E-state index contributed by atoms with van der Waals surface area (Å²) in [6.07, 6.45) is 1.60. The second kappa shape index (κ2) is 4.41. The summed E-state index contributed by atoms with van der Waals surface area (Å²) < 4.78 is 0. The molecule has 0 aromatic carbocycles. The normalized spacial score (nSPS) is 9.50. The van der Waals surface area contributed by atoms with Crippen LogP contribution in [0.4, 0.5) is 5.82 Å². The molecule has 0 saturated carbocycles. The molecule has 0 saturated heterocycles. The third kappa shape index (κ3) is 2.58. The molecule has 0 aliphatic heterocycles. The predicted molar refractivity (Wildman–Crippen MR) is 56.1 cm³/mol. The Hall–Kier alpha value is -1.84. The Balaban J connectivity index is 2.84. The lowest BCUT2D eigenvalue weighted by Crippen LogP contribution is -2.16. The summed E-state index contributed by atoms with van der Waals surface area (Å²) in [5.74, 6) is 0.0188. The van der Waals surface area contributed by atoms with Crippen molar-refractivity contribution in [2.75, 3.05) is 11.9 Å². The highest BCUT2D eigenvalue weighted by Crippen LogP contribution is 2.10. The molecule has 1 aromatic heterocycles. The smallest absolute Gasteiger partial charge is 0.252 e. The number of nitrogens with two attached hydrogens (primary N) is 1. The van der Waals surface area contributed by atoms with E-state index in [1.807, 2.05) is 6.92 Å². The van der Waals surface area contributed by atoms with Crippen molar-refractivity contribution in [3.05, 3.63) is 36.0 Å². The van der Waals surface area contributed by atoms with E-state index in [2.05, 4.69) is 16.9 Å². The van der Waals surface area contributed by atoms with Crippen LogP contribution < -0.4 is 11.1 Å². The summed E-state index contributed by atoms with van der Waals surface area (Å²) in [5.41, 5.74) is 6.54. The SMILES string of the molecule is C=C(C)CNc1ncccc1C(N)=O. The van der Waals surface area contributed by atoms with E-state index in [1.54, 1.807) is 18.3 Å². The Kier molecular flexibility index (Phi) is 3.23. The van der Waals surface area contributed by atoms with Gasteiger partial charge in [0, 0.05) is 12.7 Å². The number of amides is 1. The van der Waals surface area contributed by atoms with Crippen LogP contribution in [0.25, 0.3) is 0 Å². The third-order valence-electron chi connectivity index (χ3n) is 1.63. The highest BCUT2D eigenvalue weighted by atomic mass is 16.1. The Morgan fingerprint density at radius 2 is 2.43 bits per heavy atom. The quantitative estimate of drug-likeness (QED) is 0.702. The van der Waals surface area contributed by atoms with Gasteiger partial charge in [-0.2, -0.15) is 0 Å². The maximum atomic E-state index is 11.0. The first-order valence-electron chi connectivity index (χ1n) is 4.24. The summed E-state index contributed by atoms with van der Waals surface area (Å²) >= 11 is 0. The lowest BCUT2D eigenvalue weighted by molar-refractivity contribution is 0.100. The number of carbonyl (C=O) groups excluding carboxylic acids is 1. The molecule has 3 N–H and O–H groups in total. The minimum atomic E-state index is -0.484. The molecule has 1 heterocycles. The molecule has 74 valence electrons. The first-order chi connectivity index (χ1) is 6.61. The lowest BCUT2D eigenvalue weighted by atomic mass is 10.2. The topological polar surface area (TPSA) is 68.0 Å². The maximum Gasteiger partial charge on any atom is 0.252 e. The zero-order valence-electron chi connectivity index (χ0n) is 8.08. The van der Waals surface area contributed by atoms with Gasteiger partial charge in [0.15, 0.2) is 0 Å². The molecule has 4 nitrogen and oxygen atoms in total. The van der Waals surface area contributed by atoms with Gasteiger partial charge in [-0.15, -0.1) is 0 Å². The van der Waals surface area contributed by atoms with E-state index in [0.717, 1.165) is 5.57 Å². The monoisotopic (exact) mass is 191 g/mol. The van der Waals surface area contributed by atoms with E-state index in [4.69, 9.17) is 5.73 Å². The first-order valence-corrected chi connectivity index (χ1v) is 4.24. The number of aromatic nitrogens is 1. The van der Waals surface area contributed by atoms with E-state index in [9.17, 15) is 4.79 Å². The molecule has 0 radical (unpaired) electrons. The minimum Gasteiger partial charge on any atom is -0.366 e. The number of hydrogen-bond acceptors (Lipinski definition) is 3. The van der Waals surface area contributed by atoms with Gasteiger partial charge in [-0.25, -0.2) is 4.98 Å². The van der Waals surface area contributed by atoms with Crippen LogP contribution >= 0.6 is 0 Å². The van der Waals surface area contributed by atoms with Crippen molar-refractivity contribution in [1.82, 2.24) is 4.98 Å². The molecule has 1 rings (SSSR count). The van der Waals surface area contributed by atoms with Crippen molar-refractivity contribution in [1.29, 1.82) is 0 Å². The molecule has 0 aliphatic carbocycles. The molecule has 0 atom stereocenters. The van der Waals surface area contributed by atoms with Gasteiger partial charge in [-0.1, -0.05) is 12.2 Å². The number of primary amides is 1. The van der Waals surface area contributed by atoms with Crippen LogP contribution in [0.2, 0.25) is 0 Å². The molecule has 14 heavy (non-hydrogen) atoms. The van der Waals surface area contributed by atoms with Gasteiger partial charge >= 0.3 is 0 Å². The predicted octanol–water partition coefficient (Wildman–Crippen LogP) is 1.17. The van der Waals surface area contributed by atoms with Crippen LogP contribution in [-0.2, 0) is 0 Å². The van der Waals surface area contributed by atoms with E-state index in [-0.39, 0.29) is 0 Å². The molecule has 0 spiro atoms. The van der Waals surface area contributed by atoms with Gasteiger partial charge in [-0.05, 0) is 19.1 Å². The van der Waals surface area contributed by atoms with E-state index in [1.165, 1.54) is 0 Å². The zero-order chi connectivity index (χ0) is 10.6. The molecule has 4 heteroatoms. The van der Waals surface area contributed by atoms with Gasteiger partial charge in [0.1, 0.15) is 5.82 Å². The van der Waals surface area contributed by atoms with Crippen LogP contribution in [0.3, 0.4) is 0 Å². The highest BCUT2D eigenvalue weighted by Gasteiger charge is 2.07. The average molecular weight is 191 g/mol. The van der Waals surface area contributed by atoms with Crippen LogP contribution in [-0.4, -0.2) is 17.4 Å². The van der Waals surface area contributed by atoms with Crippen LogP contribution in [0.1, 0.15) is 17.3 Å². The number of nitrogens with one attached hydrogen (secondary N) is 1. The summed E-state index contributed by atoms with van der Waals surface area (Å²) in [6, 6.07) is 3.31. The van der Waals surface area contributed by atoms with Crippen molar-refractivity contribution >= 4 is 11.7 Å². The number of rotatable bonds is 4. The summed E-state index contributed by atoms with van der Waals surface area (Å²) in [4.78, 5) is 15.0. The number of anilines is 1.